The standard InChI is InChI=1S/C9H13N3O2S/c1-3-11(4-2)9-10-7-8(15-9)5-6-12(13)14/h5-7H,3-4H2,1-2H3. The first-order chi connectivity index (χ1) is 7.17. The first kappa shape index (κ1) is 11.6. The van der Waals surface area contributed by atoms with E-state index in [1.54, 1.807) is 6.20 Å². The summed E-state index contributed by atoms with van der Waals surface area (Å²) in [6.07, 6.45) is 4.04. The van der Waals surface area contributed by atoms with Crippen LogP contribution in [0.25, 0.3) is 6.08 Å². The van der Waals surface area contributed by atoms with Gasteiger partial charge in [-0.1, -0.05) is 11.3 Å². The molecule has 0 aliphatic rings. The van der Waals surface area contributed by atoms with E-state index in [-0.39, 0.29) is 0 Å². The summed E-state index contributed by atoms with van der Waals surface area (Å²) in [4.78, 5) is 16.8. The topological polar surface area (TPSA) is 59.3 Å². The smallest absolute Gasteiger partial charge is 0.235 e. The van der Waals surface area contributed by atoms with Gasteiger partial charge in [0, 0.05) is 25.4 Å². The van der Waals surface area contributed by atoms with Gasteiger partial charge in [-0.3, -0.25) is 10.1 Å². The van der Waals surface area contributed by atoms with Crippen LogP contribution in [-0.2, 0) is 0 Å². The molecule has 0 atom stereocenters. The van der Waals surface area contributed by atoms with E-state index in [0.29, 0.717) is 0 Å². The second-order valence-electron chi connectivity index (χ2n) is 2.82. The molecule has 0 saturated carbocycles. The van der Waals surface area contributed by atoms with E-state index in [0.717, 1.165) is 29.3 Å². The van der Waals surface area contributed by atoms with E-state index in [2.05, 4.69) is 23.7 Å². The van der Waals surface area contributed by atoms with Gasteiger partial charge in [-0.15, -0.1) is 0 Å². The highest BCUT2D eigenvalue weighted by atomic mass is 32.1. The van der Waals surface area contributed by atoms with Crippen LogP contribution in [0.2, 0.25) is 0 Å². The minimum absolute atomic E-state index is 0.475. The van der Waals surface area contributed by atoms with Gasteiger partial charge < -0.3 is 4.90 Å². The van der Waals surface area contributed by atoms with E-state index in [4.69, 9.17) is 0 Å². The summed E-state index contributed by atoms with van der Waals surface area (Å²) in [6, 6.07) is 0. The predicted molar refractivity (Wildman–Crippen MR) is 61.7 cm³/mol. The third-order valence-corrected chi connectivity index (χ3v) is 2.93. The Morgan fingerprint density at radius 1 is 1.60 bits per heavy atom. The molecule has 0 amide bonds. The van der Waals surface area contributed by atoms with Gasteiger partial charge >= 0.3 is 0 Å². The molecular weight excluding hydrogens is 214 g/mol. The molecule has 0 unspecified atom stereocenters. The SMILES string of the molecule is CCN(CC)c1ncc(C=C[N+](=O)[O-])s1. The summed E-state index contributed by atoms with van der Waals surface area (Å²) >= 11 is 1.46. The Kier molecular flexibility index (Phi) is 4.23. The number of hydrogen-bond acceptors (Lipinski definition) is 5. The lowest BCUT2D eigenvalue weighted by Gasteiger charge is -2.16. The highest BCUT2D eigenvalue weighted by Crippen LogP contribution is 2.22. The molecule has 1 heterocycles. The van der Waals surface area contributed by atoms with Crippen molar-refractivity contribution >= 4 is 22.5 Å². The Morgan fingerprint density at radius 2 is 2.27 bits per heavy atom. The molecule has 1 aromatic rings. The van der Waals surface area contributed by atoms with Gasteiger partial charge in [-0.2, -0.15) is 0 Å². The van der Waals surface area contributed by atoms with Crippen LogP contribution in [0, 0.1) is 10.1 Å². The van der Waals surface area contributed by atoms with E-state index in [1.165, 1.54) is 17.4 Å². The largest absolute Gasteiger partial charge is 0.349 e. The monoisotopic (exact) mass is 227 g/mol. The van der Waals surface area contributed by atoms with E-state index in [9.17, 15) is 10.1 Å². The van der Waals surface area contributed by atoms with Gasteiger partial charge in [0.05, 0.1) is 9.80 Å². The fraction of sp³-hybridized carbons (Fsp3) is 0.444. The van der Waals surface area contributed by atoms with Crippen molar-refractivity contribution in [2.45, 2.75) is 13.8 Å². The first-order valence-electron chi connectivity index (χ1n) is 4.69. The minimum Gasteiger partial charge on any atom is -0.349 e. The number of rotatable bonds is 5. The molecule has 0 N–H and O–H groups in total. The average Bonchev–Trinajstić information content (AvgIpc) is 2.65. The third-order valence-electron chi connectivity index (χ3n) is 1.91. The zero-order valence-electron chi connectivity index (χ0n) is 8.71. The van der Waals surface area contributed by atoms with Gasteiger partial charge in [-0.05, 0) is 13.8 Å². The molecule has 0 fully saturated rings. The summed E-state index contributed by atoms with van der Waals surface area (Å²) in [5.41, 5.74) is 0. The normalized spacial score (nSPS) is 10.8. The molecule has 15 heavy (non-hydrogen) atoms. The number of aromatic nitrogens is 1. The molecule has 0 aliphatic carbocycles. The Morgan fingerprint density at radius 3 is 2.80 bits per heavy atom. The Labute approximate surface area is 92.2 Å². The molecular formula is C9H13N3O2S. The average molecular weight is 227 g/mol. The van der Waals surface area contributed by atoms with Crippen molar-refractivity contribution in [3.05, 3.63) is 27.4 Å². The molecule has 82 valence electrons. The maximum absolute atomic E-state index is 10.1. The van der Waals surface area contributed by atoms with Crippen molar-refractivity contribution < 1.29 is 4.92 Å². The molecule has 0 bridgehead atoms. The van der Waals surface area contributed by atoms with Crippen LogP contribution in [0.4, 0.5) is 5.13 Å². The van der Waals surface area contributed by atoms with Crippen molar-refractivity contribution in [1.82, 2.24) is 4.98 Å². The van der Waals surface area contributed by atoms with Crippen LogP contribution in [0.5, 0.6) is 0 Å². The van der Waals surface area contributed by atoms with Crippen LogP contribution in [-0.4, -0.2) is 23.0 Å². The van der Waals surface area contributed by atoms with Crippen molar-refractivity contribution in [3.63, 3.8) is 0 Å². The van der Waals surface area contributed by atoms with Gasteiger partial charge in [0.1, 0.15) is 0 Å². The van der Waals surface area contributed by atoms with Crippen LogP contribution in [0.3, 0.4) is 0 Å². The van der Waals surface area contributed by atoms with Crippen molar-refractivity contribution in [3.8, 4) is 0 Å². The van der Waals surface area contributed by atoms with Crippen molar-refractivity contribution in [2.75, 3.05) is 18.0 Å². The number of anilines is 1. The lowest BCUT2D eigenvalue weighted by atomic mass is 10.5. The van der Waals surface area contributed by atoms with Crippen LogP contribution < -0.4 is 4.90 Å². The molecule has 0 spiro atoms. The summed E-state index contributed by atoms with van der Waals surface area (Å²) in [6.45, 7) is 5.89. The Balaban J connectivity index is 2.75. The van der Waals surface area contributed by atoms with Crippen molar-refractivity contribution in [2.24, 2.45) is 0 Å². The van der Waals surface area contributed by atoms with Gasteiger partial charge in [0.2, 0.25) is 6.20 Å². The van der Waals surface area contributed by atoms with Crippen LogP contribution >= 0.6 is 11.3 Å². The number of thiazole rings is 1. The lowest BCUT2D eigenvalue weighted by molar-refractivity contribution is -0.400. The summed E-state index contributed by atoms with van der Waals surface area (Å²) in [5, 5.41) is 11.0. The second kappa shape index (κ2) is 5.45. The zero-order chi connectivity index (χ0) is 11.3. The number of hydrogen-bond donors (Lipinski definition) is 0. The maximum Gasteiger partial charge on any atom is 0.235 e. The third kappa shape index (κ3) is 3.32. The molecule has 0 aliphatic heterocycles. The maximum atomic E-state index is 10.1. The molecule has 1 aromatic heterocycles. The molecule has 5 nitrogen and oxygen atoms in total. The molecule has 0 radical (unpaired) electrons. The fourth-order valence-corrected chi connectivity index (χ4v) is 2.07. The fourth-order valence-electron chi connectivity index (χ4n) is 1.13. The minimum atomic E-state index is -0.475. The van der Waals surface area contributed by atoms with Crippen LogP contribution in [0.1, 0.15) is 18.7 Å². The zero-order valence-corrected chi connectivity index (χ0v) is 9.53. The molecule has 1 rings (SSSR count). The number of nitro groups is 1. The molecule has 0 aromatic carbocycles. The molecule has 0 saturated heterocycles. The van der Waals surface area contributed by atoms with Gasteiger partial charge in [-0.25, -0.2) is 4.98 Å². The molecule has 6 heteroatoms. The Bertz CT molecular complexity index is 358. The van der Waals surface area contributed by atoms with E-state index in [1.807, 2.05) is 0 Å². The van der Waals surface area contributed by atoms with Gasteiger partial charge in [0.25, 0.3) is 0 Å². The Hall–Kier alpha value is -1.43. The van der Waals surface area contributed by atoms with E-state index < -0.39 is 4.92 Å². The second-order valence-corrected chi connectivity index (χ2v) is 3.86. The summed E-state index contributed by atoms with van der Waals surface area (Å²) in [5.74, 6) is 0. The first-order valence-corrected chi connectivity index (χ1v) is 5.51. The highest BCUT2D eigenvalue weighted by Gasteiger charge is 2.06. The summed E-state index contributed by atoms with van der Waals surface area (Å²) in [7, 11) is 0. The highest BCUT2D eigenvalue weighted by molar-refractivity contribution is 7.16. The van der Waals surface area contributed by atoms with Crippen molar-refractivity contribution in [1.29, 1.82) is 0 Å². The number of nitrogens with zero attached hydrogens (tertiary/aromatic N) is 3. The van der Waals surface area contributed by atoms with E-state index >= 15 is 0 Å². The summed E-state index contributed by atoms with van der Waals surface area (Å²) < 4.78 is 0. The van der Waals surface area contributed by atoms with Gasteiger partial charge in [0.15, 0.2) is 5.13 Å². The quantitative estimate of drug-likeness (QED) is 0.571. The van der Waals surface area contributed by atoms with Crippen LogP contribution in [0.15, 0.2) is 12.4 Å². The lowest BCUT2D eigenvalue weighted by Crippen LogP contribution is -2.21. The predicted octanol–water partition coefficient (Wildman–Crippen LogP) is 2.24.